The molecule has 28 heavy (non-hydrogen) atoms. The van der Waals surface area contributed by atoms with Crippen LogP contribution in [0, 0.1) is 10.5 Å². The molecule has 2 aromatic carbocycles. The first-order valence-corrected chi connectivity index (χ1v) is 9.88. The summed E-state index contributed by atoms with van der Waals surface area (Å²) >= 11 is 8.36. The van der Waals surface area contributed by atoms with E-state index in [1.165, 1.54) is 6.07 Å². The Morgan fingerprint density at radius 3 is 2.61 bits per heavy atom. The summed E-state index contributed by atoms with van der Waals surface area (Å²) in [5.74, 6) is -1.78. The van der Waals surface area contributed by atoms with Crippen molar-refractivity contribution < 1.29 is 19.1 Å². The molecule has 2 amide bonds. The Bertz CT molecular complexity index is 1020. The average molecular weight is 511 g/mol. The number of imide groups is 1. The van der Waals surface area contributed by atoms with E-state index in [0.29, 0.717) is 5.69 Å². The van der Waals surface area contributed by atoms with E-state index in [1.807, 2.05) is 25.1 Å². The van der Waals surface area contributed by atoms with Gasteiger partial charge in [-0.1, -0.05) is 17.7 Å². The van der Waals surface area contributed by atoms with E-state index in [0.717, 1.165) is 14.0 Å². The van der Waals surface area contributed by atoms with Crippen molar-refractivity contribution in [2.24, 2.45) is 0 Å². The second-order valence-electron chi connectivity index (χ2n) is 5.99. The maximum atomic E-state index is 12.9. The highest BCUT2D eigenvalue weighted by atomic mass is 127. The lowest BCUT2D eigenvalue weighted by Gasteiger charge is -2.16. The number of nitrogens with one attached hydrogen (secondary N) is 1. The lowest BCUT2D eigenvalue weighted by atomic mass is 10.2. The summed E-state index contributed by atoms with van der Waals surface area (Å²) in [6.45, 7) is 3.81. The van der Waals surface area contributed by atoms with Gasteiger partial charge in [0.1, 0.15) is 10.7 Å². The molecule has 3 rings (SSSR count). The molecular weight excluding hydrogens is 495 g/mol. The molecule has 0 saturated carbocycles. The third kappa shape index (κ3) is 3.90. The topological polar surface area (TPSA) is 75.7 Å². The lowest BCUT2D eigenvalue weighted by molar-refractivity contribution is -0.120. The molecule has 0 bridgehead atoms. The van der Waals surface area contributed by atoms with Gasteiger partial charge in [0.05, 0.1) is 17.9 Å². The molecule has 0 unspecified atom stereocenters. The number of ether oxygens (including phenoxy) is 1. The van der Waals surface area contributed by atoms with E-state index < -0.39 is 17.8 Å². The number of anilines is 2. The van der Waals surface area contributed by atoms with Crippen molar-refractivity contribution >= 4 is 63.4 Å². The molecule has 0 fully saturated rings. The third-order valence-corrected chi connectivity index (χ3v) is 5.11. The van der Waals surface area contributed by atoms with Crippen LogP contribution >= 0.6 is 34.2 Å². The van der Waals surface area contributed by atoms with Gasteiger partial charge in [-0.25, -0.2) is 9.69 Å². The average Bonchev–Trinajstić information content (AvgIpc) is 2.87. The Hall–Kier alpha value is -2.39. The minimum atomic E-state index is -0.654. The number of amides is 2. The Balaban J connectivity index is 1.91. The highest BCUT2D eigenvalue weighted by molar-refractivity contribution is 14.1. The minimum absolute atomic E-state index is 0.00230. The first-order valence-electron chi connectivity index (χ1n) is 8.42. The molecule has 6 nitrogen and oxygen atoms in total. The number of benzene rings is 2. The maximum Gasteiger partial charge on any atom is 0.338 e. The van der Waals surface area contributed by atoms with E-state index in [2.05, 4.69) is 27.9 Å². The largest absolute Gasteiger partial charge is 0.462 e. The van der Waals surface area contributed by atoms with E-state index in [1.54, 1.807) is 25.1 Å². The van der Waals surface area contributed by atoms with Crippen molar-refractivity contribution in [3.05, 3.63) is 67.9 Å². The molecule has 2 aromatic rings. The zero-order valence-electron chi connectivity index (χ0n) is 15.1. The van der Waals surface area contributed by atoms with Crippen LogP contribution in [0.25, 0.3) is 0 Å². The van der Waals surface area contributed by atoms with Gasteiger partial charge >= 0.3 is 5.97 Å². The van der Waals surface area contributed by atoms with E-state index in [9.17, 15) is 14.4 Å². The first-order chi connectivity index (χ1) is 13.3. The molecule has 1 aliphatic heterocycles. The van der Waals surface area contributed by atoms with E-state index in [-0.39, 0.29) is 28.6 Å². The Labute approximate surface area is 180 Å². The summed E-state index contributed by atoms with van der Waals surface area (Å²) in [6, 6.07) is 11.8. The van der Waals surface area contributed by atoms with E-state index in [4.69, 9.17) is 16.3 Å². The molecule has 0 aromatic heterocycles. The summed E-state index contributed by atoms with van der Waals surface area (Å²) in [5.41, 5.74) is 2.07. The van der Waals surface area contributed by atoms with Crippen LogP contribution in [-0.4, -0.2) is 24.4 Å². The number of carbonyl (C=O) groups excluding carboxylic acids is 3. The molecule has 1 heterocycles. The Kier molecular flexibility index (Phi) is 6.04. The zero-order valence-corrected chi connectivity index (χ0v) is 18.0. The van der Waals surface area contributed by atoms with Crippen LogP contribution in [0.4, 0.5) is 11.4 Å². The number of hydrogen-bond acceptors (Lipinski definition) is 5. The number of halogens is 2. The van der Waals surface area contributed by atoms with Crippen molar-refractivity contribution in [1.82, 2.24) is 0 Å². The monoisotopic (exact) mass is 510 g/mol. The number of hydrogen-bond donors (Lipinski definition) is 1. The molecule has 0 saturated heterocycles. The van der Waals surface area contributed by atoms with Crippen LogP contribution in [0.3, 0.4) is 0 Å². The predicted molar refractivity (Wildman–Crippen MR) is 115 cm³/mol. The fourth-order valence-corrected chi connectivity index (χ4v) is 3.59. The molecule has 144 valence electrons. The molecule has 0 spiro atoms. The Morgan fingerprint density at radius 1 is 1.18 bits per heavy atom. The Morgan fingerprint density at radius 2 is 1.93 bits per heavy atom. The van der Waals surface area contributed by atoms with Crippen LogP contribution in [0.15, 0.2) is 53.2 Å². The molecule has 8 heteroatoms. The number of carbonyl (C=O) groups is 3. The van der Waals surface area contributed by atoms with Gasteiger partial charge in [0.15, 0.2) is 0 Å². The van der Waals surface area contributed by atoms with Crippen LogP contribution in [-0.2, 0) is 14.3 Å². The second kappa shape index (κ2) is 8.32. The SMILES string of the molecule is CCOC(=O)c1cccc(N2C(=O)C(Cl)=C(Nc3ccc(I)cc3C)C2=O)c1. The third-order valence-electron chi connectivity index (χ3n) is 4.09. The van der Waals surface area contributed by atoms with Gasteiger partial charge in [0.2, 0.25) is 0 Å². The summed E-state index contributed by atoms with van der Waals surface area (Å²) in [5, 5.41) is 2.76. The highest BCUT2D eigenvalue weighted by Crippen LogP contribution is 2.31. The van der Waals surface area contributed by atoms with Crippen molar-refractivity contribution in [2.45, 2.75) is 13.8 Å². The molecule has 1 N–H and O–H groups in total. The van der Waals surface area contributed by atoms with E-state index >= 15 is 0 Å². The number of nitrogens with zero attached hydrogens (tertiary/aromatic N) is 1. The summed E-state index contributed by atoms with van der Waals surface area (Å²) in [6.07, 6.45) is 0. The van der Waals surface area contributed by atoms with Crippen molar-refractivity contribution in [3.63, 3.8) is 0 Å². The van der Waals surface area contributed by atoms with Gasteiger partial charge in [-0.2, -0.15) is 0 Å². The molecule has 0 atom stereocenters. The van der Waals surface area contributed by atoms with Gasteiger partial charge < -0.3 is 10.1 Å². The van der Waals surface area contributed by atoms with Gasteiger partial charge in [-0.05, 0) is 78.4 Å². The van der Waals surface area contributed by atoms with Gasteiger partial charge in [-0.15, -0.1) is 0 Å². The molecule has 0 aliphatic carbocycles. The first kappa shape index (κ1) is 20.3. The summed E-state index contributed by atoms with van der Waals surface area (Å²) in [4.78, 5) is 38.4. The minimum Gasteiger partial charge on any atom is -0.462 e. The zero-order chi connectivity index (χ0) is 20.4. The van der Waals surface area contributed by atoms with Gasteiger partial charge in [-0.3, -0.25) is 9.59 Å². The van der Waals surface area contributed by atoms with Crippen molar-refractivity contribution in [3.8, 4) is 0 Å². The van der Waals surface area contributed by atoms with Crippen LogP contribution < -0.4 is 10.2 Å². The normalized spacial score (nSPS) is 13.9. The molecule has 0 radical (unpaired) electrons. The van der Waals surface area contributed by atoms with Crippen molar-refractivity contribution in [1.29, 1.82) is 0 Å². The second-order valence-corrected chi connectivity index (χ2v) is 7.61. The molecule has 1 aliphatic rings. The summed E-state index contributed by atoms with van der Waals surface area (Å²) < 4.78 is 6.01. The summed E-state index contributed by atoms with van der Waals surface area (Å²) in [7, 11) is 0. The van der Waals surface area contributed by atoms with Crippen LogP contribution in [0.1, 0.15) is 22.8 Å². The maximum absolute atomic E-state index is 12.9. The number of rotatable bonds is 5. The standard InChI is InChI=1S/C20H16ClIN2O4/c1-3-28-20(27)12-5-4-6-14(10-12)24-18(25)16(21)17(19(24)26)23-15-8-7-13(22)9-11(15)2/h4-10,23H,3H2,1-2H3. The number of aryl methyl sites for hydroxylation is 1. The smallest absolute Gasteiger partial charge is 0.338 e. The predicted octanol–water partition coefficient (Wildman–Crippen LogP) is 4.21. The fourth-order valence-electron chi connectivity index (χ4n) is 2.73. The lowest BCUT2D eigenvalue weighted by Crippen LogP contribution is -2.32. The van der Waals surface area contributed by atoms with Crippen LogP contribution in [0.5, 0.6) is 0 Å². The van der Waals surface area contributed by atoms with Gasteiger partial charge in [0.25, 0.3) is 11.8 Å². The quantitative estimate of drug-likeness (QED) is 0.371. The number of esters is 1. The fraction of sp³-hybridized carbons (Fsp3) is 0.150. The van der Waals surface area contributed by atoms with Gasteiger partial charge in [0, 0.05) is 9.26 Å². The van der Waals surface area contributed by atoms with Crippen molar-refractivity contribution in [2.75, 3.05) is 16.8 Å². The van der Waals surface area contributed by atoms with Crippen LogP contribution in [0.2, 0.25) is 0 Å². The molecular formula is C20H16ClIN2O4. The highest BCUT2D eigenvalue weighted by Gasteiger charge is 2.39.